The smallest absolute Gasteiger partial charge is 0.293 e. The molecular formula is C30H29ClFNO5S. The highest BCUT2D eigenvalue weighted by Gasteiger charge is 2.36. The third-order valence-electron chi connectivity index (χ3n) is 6.07. The second-order valence-electron chi connectivity index (χ2n) is 9.85. The molecule has 9 heteroatoms. The molecular weight excluding hydrogens is 541 g/mol. The number of methoxy groups -OCH3 is 1. The largest absolute Gasteiger partial charge is 0.493 e. The standard InChI is InChI=1S/C30H29ClFNO5S/c1-30(2,3)20-9-11-21(12-10-20)37-14-15-38-25-13-8-19(16-26(25)36-4)17-27-28(34)33(29(35)39-27)18-22-23(31)6-5-7-24(22)32/h5-13,16-17H,14-15,18H2,1-4H3/b27-17-. The second kappa shape index (κ2) is 12.1. The summed E-state index contributed by atoms with van der Waals surface area (Å²) in [7, 11) is 1.52. The lowest BCUT2D eigenvalue weighted by Crippen LogP contribution is -2.28. The van der Waals surface area contributed by atoms with E-state index in [1.807, 2.05) is 12.1 Å². The molecule has 0 aromatic heterocycles. The van der Waals surface area contributed by atoms with Crippen LogP contribution in [0.3, 0.4) is 0 Å². The molecule has 0 unspecified atom stereocenters. The lowest BCUT2D eigenvalue weighted by atomic mass is 9.87. The second-order valence-corrected chi connectivity index (χ2v) is 11.3. The Kier molecular flexibility index (Phi) is 8.87. The van der Waals surface area contributed by atoms with Crippen molar-refractivity contribution in [1.82, 2.24) is 4.90 Å². The number of imide groups is 1. The first-order valence-electron chi connectivity index (χ1n) is 12.3. The molecule has 0 bridgehead atoms. The number of nitrogens with zero attached hydrogens (tertiary/aromatic N) is 1. The van der Waals surface area contributed by atoms with E-state index >= 15 is 0 Å². The number of carbonyl (C=O) groups excluding carboxylic acids is 2. The van der Waals surface area contributed by atoms with Crippen LogP contribution in [-0.2, 0) is 16.8 Å². The third kappa shape index (κ3) is 6.94. The Bertz CT molecular complexity index is 1380. The maximum atomic E-state index is 14.2. The van der Waals surface area contributed by atoms with Gasteiger partial charge in [-0.15, -0.1) is 0 Å². The van der Waals surface area contributed by atoms with Gasteiger partial charge < -0.3 is 14.2 Å². The van der Waals surface area contributed by atoms with Crippen molar-refractivity contribution < 1.29 is 28.2 Å². The molecule has 0 saturated carbocycles. The highest BCUT2D eigenvalue weighted by Crippen LogP contribution is 2.36. The van der Waals surface area contributed by atoms with Crippen molar-refractivity contribution in [3.63, 3.8) is 0 Å². The SMILES string of the molecule is COc1cc(/C=C2\SC(=O)N(Cc3c(F)cccc3Cl)C2=O)ccc1OCCOc1ccc(C(C)(C)C)cc1. The third-order valence-corrected chi connectivity index (χ3v) is 7.33. The number of thioether (sulfide) groups is 1. The Morgan fingerprint density at radius 3 is 2.36 bits per heavy atom. The average molecular weight is 570 g/mol. The highest BCUT2D eigenvalue weighted by molar-refractivity contribution is 8.18. The van der Waals surface area contributed by atoms with Crippen LogP contribution in [0.5, 0.6) is 17.2 Å². The molecule has 0 radical (unpaired) electrons. The summed E-state index contributed by atoms with van der Waals surface area (Å²) in [4.78, 5) is 26.6. The predicted octanol–water partition coefficient (Wildman–Crippen LogP) is 7.48. The molecule has 204 valence electrons. The van der Waals surface area contributed by atoms with E-state index in [-0.39, 0.29) is 27.5 Å². The average Bonchev–Trinajstić information content (AvgIpc) is 3.16. The molecule has 1 saturated heterocycles. The molecule has 3 aromatic rings. The van der Waals surface area contributed by atoms with Crippen LogP contribution in [0.2, 0.25) is 5.02 Å². The molecule has 3 aromatic carbocycles. The van der Waals surface area contributed by atoms with Crippen molar-refractivity contribution in [2.45, 2.75) is 32.7 Å². The summed E-state index contributed by atoms with van der Waals surface area (Å²) in [5.41, 5.74) is 2.05. The number of benzene rings is 3. The molecule has 2 amide bonds. The Balaban J connectivity index is 1.37. The summed E-state index contributed by atoms with van der Waals surface area (Å²) < 4.78 is 31.3. The Labute approximate surface area is 236 Å². The fourth-order valence-corrected chi connectivity index (χ4v) is 4.95. The van der Waals surface area contributed by atoms with E-state index in [1.165, 1.54) is 30.9 Å². The Morgan fingerprint density at radius 1 is 0.974 bits per heavy atom. The predicted molar refractivity (Wildman–Crippen MR) is 152 cm³/mol. The van der Waals surface area contributed by atoms with Gasteiger partial charge in [-0.3, -0.25) is 14.5 Å². The summed E-state index contributed by atoms with van der Waals surface area (Å²) in [5, 5.41) is -0.340. The molecule has 0 N–H and O–H groups in total. The zero-order valence-electron chi connectivity index (χ0n) is 22.1. The van der Waals surface area contributed by atoms with Gasteiger partial charge in [0.2, 0.25) is 0 Å². The zero-order chi connectivity index (χ0) is 28.2. The molecule has 6 nitrogen and oxygen atoms in total. The van der Waals surface area contributed by atoms with E-state index in [0.717, 1.165) is 22.4 Å². The number of halogens is 2. The van der Waals surface area contributed by atoms with Gasteiger partial charge in [-0.25, -0.2) is 4.39 Å². The van der Waals surface area contributed by atoms with Crippen LogP contribution < -0.4 is 14.2 Å². The van der Waals surface area contributed by atoms with E-state index in [1.54, 1.807) is 24.3 Å². The van der Waals surface area contributed by atoms with Crippen molar-refractivity contribution in [3.8, 4) is 17.2 Å². The molecule has 0 aliphatic carbocycles. The minimum absolute atomic E-state index is 0.0782. The first-order chi connectivity index (χ1) is 18.6. The van der Waals surface area contributed by atoms with Crippen molar-refractivity contribution in [2.75, 3.05) is 20.3 Å². The topological polar surface area (TPSA) is 65.1 Å². The molecule has 4 rings (SSSR count). The van der Waals surface area contributed by atoms with Gasteiger partial charge in [-0.05, 0) is 70.8 Å². The quantitative estimate of drug-likeness (QED) is 0.197. The monoisotopic (exact) mass is 569 g/mol. The van der Waals surface area contributed by atoms with Crippen LogP contribution in [0.4, 0.5) is 9.18 Å². The van der Waals surface area contributed by atoms with E-state index in [9.17, 15) is 14.0 Å². The fourth-order valence-electron chi connectivity index (χ4n) is 3.88. The summed E-state index contributed by atoms with van der Waals surface area (Å²) >= 11 is 6.86. The number of rotatable bonds is 9. The maximum absolute atomic E-state index is 14.2. The minimum Gasteiger partial charge on any atom is -0.493 e. The Morgan fingerprint density at radius 2 is 1.69 bits per heavy atom. The normalized spacial score (nSPS) is 14.7. The van der Waals surface area contributed by atoms with E-state index < -0.39 is 17.0 Å². The van der Waals surface area contributed by atoms with Gasteiger partial charge >= 0.3 is 0 Å². The van der Waals surface area contributed by atoms with Crippen molar-refractivity contribution in [2.24, 2.45) is 0 Å². The van der Waals surface area contributed by atoms with Crippen molar-refractivity contribution in [3.05, 3.63) is 93.1 Å². The van der Waals surface area contributed by atoms with E-state index in [2.05, 4.69) is 32.9 Å². The maximum Gasteiger partial charge on any atom is 0.293 e. The number of carbonyl (C=O) groups is 2. The van der Waals surface area contributed by atoms with Gasteiger partial charge in [0.15, 0.2) is 11.5 Å². The number of amides is 2. The zero-order valence-corrected chi connectivity index (χ0v) is 23.7. The van der Waals surface area contributed by atoms with Gasteiger partial charge in [0.25, 0.3) is 11.1 Å². The highest BCUT2D eigenvalue weighted by atomic mass is 35.5. The number of hydrogen-bond acceptors (Lipinski definition) is 6. The summed E-state index contributed by atoms with van der Waals surface area (Å²) in [6, 6.07) is 17.4. The lowest BCUT2D eigenvalue weighted by molar-refractivity contribution is -0.123. The van der Waals surface area contributed by atoms with Gasteiger partial charge in [0.1, 0.15) is 24.8 Å². The van der Waals surface area contributed by atoms with Gasteiger partial charge in [-0.1, -0.05) is 56.6 Å². The van der Waals surface area contributed by atoms with Gasteiger partial charge in [-0.2, -0.15) is 0 Å². The summed E-state index contributed by atoms with van der Waals surface area (Å²) in [5.74, 6) is 0.658. The fraction of sp³-hybridized carbons (Fsp3) is 0.267. The minimum atomic E-state index is -0.574. The summed E-state index contributed by atoms with van der Waals surface area (Å²) in [6.45, 7) is 6.89. The van der Waals surface area contributed by atoms with Crippen LogP contribution >= 0.6 is 23.4 Å². The van der Waals surface area contributed by atoms with Crippen LogP contribution in [0.15, 0.2) is 65.6 Å². The first kappa shape index (κ1) is 28.5. The van der Waals surface area contributed by atoms with E-state index in [4.69, 9.17) is 25.8 Å². The van der Waals surface area contributed by atoms with E-state index in [0.29, 0.717) is 30.3 Å². The molecule has 1 aliphatic heterocycles. The molecule has 1 heterocycles. The van der Waals surface area contributed by atoms with Crippen LogP contribution in [0, 0.1) is 5.82 Å². The van der Waals surface area contributed by atoms with Crippen LogP contribution in [0.1, 0.15) is 37.5 Å². The number of ether oxygens (including phenoxy) is 3. The molecule has 1 fully saturated rings. The Hall–Kier alpha value is -3.49. The van der Waals surface area contributed by atoms with Crippen LogP contribution in [0.25, 0.3) is 6.08 Å². The van der Waals surface area contributed by atoms with Gasteiger partial charge in [0, 0.05) is 10.6 Å². The van der Waals surface area contributed by atoms with Crippen molar-refractivity contribution >= 4 is 40.6 Å². The molecule has 1 aliphatic rings. The summed E-state index contributed by atoms with van der Waals surface area (Å²) in [6.07, 6.45) is 1.59. The molecule has 39 heavy (non-hydrogen) atoms. The first-order valence-corrected chi connectivity index (χ1v) is 13.5. The van der Waals surface area contributed by atoms with Crippen molar-refractivity contribution in [1.29, 1.82) is 0 Å². The number of hydrogen-bond donors (Lipinski definition) is 0. The molecule has 0 spiro atoms. The lowest BCUT2D eigenvalue weighted by Gasteiger charge is -2.19. The molecule has 0 atom stereocenters. The van der Waals surface area contributed by atoms with Gasteiger partial charge in [0.05, 0.1) is 18.6 Å². The van der Waals surface area contributed by atoms with Crippen LogP contribution in [-0.4, -0.2) is 36.4 Å².